The molecule has 1 saturated carbocycles. The van der Waals surface area contributed by atoms with Crippen LogP contribution in [0.3, 0.4) is 0 Å². The van der Waals surface area contributed by atoms with Gasteiger partial charge in [0.15, 0.2) is 0 Å². The van der Waals surface area contributed by atoms with Crippen molar-refractivity contribution in [3.8, 4) is 0 Å². The van der Waals surface area contributed by atoms with Crippen LogP contribution in [0.15, 0.2) is 30.3 Å². The predicted octanol–water partition coefficient (Wildman–Crippen LogP) is 2.83. The van der Waals surface area contributed by atoms with Crippen molar-refractivity contribution in [2.24, 2.45) is 5.41 Å². The summed E-state index contributed by atoms with van der Waals surface area (Å²) < 4.78 is 5.41. The molecule has 1 spiro atoms. The number of urea groups is 1. The molecule has 0 unspecified atom stereocenters. The van der Waals surface area contributed by atoms with Crippen LogP contribution >= 0.6 is 0 Å². The van der Waals surface area contributed by atoms with Gasteiger partial charge in [-0.05, 0) is 57.4 Å². The average molecular weight is 487 g/mol. The first-order valence-corrected chi connectivity index (χ1v) is 12.4. The van der Waals surface area contributed by atoms with Gasteiger partial charge < -0.3 is 14.5 Å². The second kappa shape index (κ2) is 8.98. The van der Waals surface area contributed by atoms with E-state index in [1.165, 1.54) is 5.06 Å². The maximum atomic E-state index is 13.2. The lowest BCUT2D eigenvalue weighted by Gasteiger charge is -2.35. The summed E-state index contributed by atoms with van der Waals surface area (Å²) in [7, 11) is 0. The lowest BCUT2D eigenvalue weighted by atomic mass is 9.85. The highest BCUT2D eigenvalue weighted by Gasteiger charge is 2.64. The van der Waals surface area contributed by atoms with Gasteiger partial charge in [0.05, 0.1) is 12.6 Å². The van der Waals surface area contributed by atoms with Crippen molar-refractivity contribution in [1.82, 2.24) is 20.3 Å². The number of benzene rings is 1. The van der Waals surface area contributed by atoms with E-state index in [1.54, 1.807) is 9.80 Å². The minimum Gasteiger partial charge on any atom is -0.444 e. The molecular formula is C25H34N4O6. The third kappa shape index (κ3) is 4.95. The second-order valence-electron chi connectivity index (χ2n) is 11.0. The Morgan fingerprint density at radius 3 is 2.57 bits per heavy atom. The van der Waals surface area contributed by atoms with Gasteiger partial charge in [0.1, 0.15) is 24.4 Å². The predicted molar refractivity (Wildman–Crippen MR) is 124 cm³/mol. The largest absolute Gasteiger partial charge is 0.444 e. The summed E-state index contributed by atoms with van der Waals surface area (Å²) in [4.78, 5) is 53.3. The molecule has 190 valence electrons. The Labute approximate surface area is 205 Å². The number of ether oxygens (including phenoxy) is 1. The molecule has 4 aliphatic rings. The Bertz CT molecular complexity index is 976. The number of amides is 4. The van der Waals surface area contributed by atoms with E-state index in [0.717, 1.165) is 18.4 Å². The monoisotopic (exact) mass is 486 g/mol. The first kappa shape index (κ1) is 23.9. The van der Waals surface area contributed by atoms with Gasteiger partial charge >= 0.3 is 12.1 Å². The van der Waals surface area contributed by atoms with Crippen LogP contribution in [-0.2, 0) is 25.8 Å². The number of hydroxylamine groups is 3. The van der Waals surface area contributed by atoms with Crippen molar-refractivity contribution in [1.29, 1.82) is 0 Å². The van der Waals surface area contributed by atoms with Gasteiger partial charge in [-0.25, -0.2) is 15.1 Å². The first-order chi connectivity index (χ1) is 16.7. The van der Waals surface area contributed by atoms with Gasteiger partial charge in [0.25, 0.3) is 5.91 Å². The van der Waals surface area contributed by atoms with E-state index in [0.29, 0.717) is 39.1 Å². The molecule has 5 rings (SSSR count). The standard InChI is InChI=1S/C25H34N4O6/c1-24(2,3)34-23(32)27-12-9-18(14-27)35-26-21(30)19-13-25(10-11-25)20-15-28(19)22(31)29(20)33-16-17-7-5-4-6-8-17/h4-8,18-20H,9-16H2,1-3H3,(H,26,30)/t18-,19-,20-/m0/s1. The molecule has 3 saturated heterocycles. The minimum absolute atomic E-state index is 0.0408. The number of carbonyl (C=O) groups excluding carboxylic acids is 3. The highest BCUT2D eigenvalue weighted by atomic mass is 16.7. The molecule has 2 bridgehead atoms. The maximum Gasteiger partial charge on any atom is 0.410 e. The molecule has 1 aromatic carbocycles. The molecule has 10 nitrogen and oxygen atoms in total. The van der Waals surface area contributed by atoms with Crippen LogP contribution in [0.1, 0.15) is 52.0 Å². The summed E-state index contributed by atoms with van der Waals surface area (Å²) in [6.45, 7) is 7.10. The van der Waals surface area contributed by atoms with Gasteiger partial charge in [-0.3, -0.25) is 14.5 Å². The molecule has 3 heterocycles. The fourth-order valence-electron chi connectivity index (χ4n) is 5.25. The fraction of sp³-hybridized carbons (Fsp3) is 0.640. The third-order valence-electron chi connectivity index (χ3n) is 7.30. The number of hydrogen-bond acceptors (Lipinski definition) is 6. The van der Waals surface area contributed by atoms with Crippen LogP contribution < -0.4 is 5.48 Å². The summed E-state index contributed by atoms with van der Waals surface area (Å²) in [6, 6.07) is 8.82. The number of hydrogen-bond donors (Lipinski definition) is 1. The first-order valence-electron chi connectivity index (χ1n) is 12.4. The van der Waals surface area contributed by atoms with Crippen LogP contribution in [0.2, 0.25) is 0 Å². The summed E-state index contributed by atoms with van der Waals surface area (Å²) in [6.07, 6.45) is 2.43. The molecule has 1 aromatic rings. The maximum absolute atomic E-state index is 13.2. The zero-order valence-electron chi connectivity index (χ0n) is 20.6. The molecule has 3 aliphatic heterocycles. The van der Waals surface area contributed by atoms with E-state index in [-0.39, 0.29) is 35.6 Å². The Kier molecular flexibility index (Phi) is 6.13. The lowest BCUT2D eigenvalue weighted by Crippen LogP contribution is -2.53. The number of rotatable bonds is 6. The van der Waals surface area contributed by atoms with Crippen molar-refractivity contribution in [2.75, 3.05) is 19.6 Å². The summed E-state index contributed by atoms with van der Waals surface area (Å²) in [5.41, 5.74) is 2.91. The molecule has 1 N–H and O–H groups in total. The molecule has 35 heavy (non-hydrogen) atoms. The van der Waals surface area contributed by atoms with Gasteiger partial charge in [0, 0.05) is 13.1 Å². The number of fused-ring (bicyclic) bond motifs is 3. The van der Waals surface area contributed by atoms with E-state index in [9.17, 15) is 14.4 Å². The molecule has 4 fully saturated rings. The number of nitrogens with zero attached hydrogens (tertiary/aromatic N) is 3. The van der Waals surface area contributed by atoms with Crippen molar-refractivity contribution in [3.63, 3.8) is 0 Å². The van der Waals surface area contributed by atoms with Crippen LogP contribution in [-0.4, -0.2) is 76.3 Å². The summed E-state index contributed by atoms with van der Waals surface area (Å²) >= 11 is 0. The fourth-order valence-corrected chi connectivity index (χ4v) is 5.25. The smallest absolute Gasteiger partial charge is 0.410 e. The Morgan fingerprint density at radius 1 is 1.14 bits per heavy atom. The van der Waals surface area contributed by atoms with Crippen LogP contribution in [0, 0.1) is 5.41 Å². The van der Waals surface area contributed by atoms with Gasteiger partial charge in [-0.15, -0.1) is 0 Å². The van der Waals surface area contributed by atoms with Crippen molar-refractivity contribution in [3.05, 3.63) is 35.9 Å². The Morgan fingerprint density at radius 2 is 1.89 bits per heavy atom. The number of piperidine rings is 1. The second-order valence-corrected chi connectivity index (χ2v) is 11.0. The average Bonchev–Trinajstić information content (AvgIpc) is 3.30. The Balaban J connectivity index is 1.16. The molecule has 3 atom stereocenters. The topological polar surface area (TPSA) is 101 Å². The minimum atomic E-state index is -0.602. The van der Waals surface area contributed by atoms with E-state index in [1.807, 2.05) is 51.1 Å². The summed E-state index contributed by atoms with van der Waals surface area (Å²) in [5, 5.41) is 1.49. The number of likely N-dealkylation sites (tertiary alicyclic amines) is 1. The van der Waals surface area contributed by atoms with E-state index in [2.05, 4.69) is 5.48 Å². The van der Waals surface area contributed by atoms with Crippen LogP contribution in [0.25, 0.3) is 0 Å². The van der Waals surface area contributed by atoms with Crippen LogP contribution in [0.4, 0.5) is 9.59 Å². The van der Waals surface area contributed by atoms with Gasteiger partial charge in [-0.1, -0.05) is 30.3 Å². The van der Waals surface area contributed by atoms with Crippen molar-refractivity contribution >= 4 is 18.0 Å². The molecule has 1 aliphatic carbocycles. The number of carbonyl (C=O) groups is 3. The van der Waals surface area contributed by atoms with Crippen molar-refractivity contribution in [2.45, 2.75) is 76.9 Å². The quantitative estimate of drug-likeness (QED) is 0.621. The zero-order valence-corrected chi connectivity index (χ0v) is 20.6. The molecule has 0 aromatic heterocycles. The van der Waals surface area contributed by atoms with E-state index < -0.39 is 11.6 Å². The highest BCUT2D eigenvalue weighted by Crippen LogP contribution is 2.59. The highest BCUT2D eigenvalue weighted by molar-refractivity contribution is 5.88. The third-order valence-corrected chi connectivity index (χ3v) is 7.30. The van der Waals surface area contributed by atoms with Gasteiger partial charge in [0.2, 0.25) is 0 Å². The molecule has 0 radical (unpaired) electrons. The summed E-state index contributed by atoms with van der Waals surface area (Å²) in [5.74, 6) is -0.330. The molecular weight excluding hydrogens is 452 g/mol. The lowest BCUT2D eigenvalue weighted by molar-refractivity contribution is -0.154. The van der Waals surface area contributed by atoms with Gasteiger partial charge in [-0.2, -0.15) is 5.06 Å². The number of nitrogens with one attached hydrogen (secondary N) is 1. The SMILES string of the molecule is CC(C)(C)OC(=O)N1CC[C@H](ONC(=O)[C@@H]2CC3(CC3)[C@@H]3CN2C(=O)N3OCc2ccccc2)C1. The van der Waals surface area contributed by atoms with E-state index in [4.69, 9.17) is 14.4 Å². The normalized spacial score (nSPS) is 26.9. The molecule has 10 heteroatoms. The molecule has 4 amide bonds. The van der Waals surface area contributed by atoms with E-state index >= 15 is 0 Å². The Hall–Kier alpha value is -2.85. The zero-order chi connectivity index (χ0) is 24.8. The van der Waals surface area contributed by atoms with Crippen molar-refractivity contribution < 1.29 is 28.8 Å². The van der Waals surface area contributed by atoms with Crippen LogP contribution in [0.5, 0.6) is 0 Å².